The lowest BCUT2D eigenvalue weighted by molar-refractivity contribution is 0.0949. The molecule has 1 aromatic heterocycles. The molecule has 4 nitrogen and oxygen atoms in total. The summed E-state index contributed by atoms with van der Waals surface area (Å²) < 4.78 is 0. The standard InChI is InChI=1S/C22H19N3O/c26-22(23-15-21-24-19-12-6-7-13-20(19)25-21)18-11-5-4-10-17(18)14-16-8-2-1-3-9-16/h1-13H,14-15H2,(H,23,26)(H,24,25). The van der Waals surface area contributed by atoms with Gasteiger partial charge in [-0.1, -0.05) is 60.7 Å². The van der Waals surface area contributed by atoms with Crippen LogP contribution in [0.2, 0.25) is 0 Å². The fourth-order valence-corrected chi connectivity index (χ4v) is 3.06. The van der Waals surface area contributed by atoms with Crippen molar-refractivity contribution in [2.75, 3.05) is 0 Å². The Bertz CT molecular complexity index is 1000. The van der Waals surface area contributed by atoms with Gasteiger partial charge in [0.2, 0.25) is 0 Å². The van der Waals surface area contributed by atoms with Gasteiger partial charge in [-0.2, -0.15) is 0 Å². The van der Waals surface area contributed by atoms with Gasteiger partial charge in [0.05, 0.1) is 17.6 Å². The van der Waals surface area contributed by atoms with Gasteiger partial charge < -0.3 is 10.3 Å². The third-order valence-corrected chi connectivity index (χ3v) is 4.35. The first-order chi connectivity index (χ1) is 12.8. The van der Waals surface area contributed by atoms with E-state index in [0.29, 0.717) is 12.1 Å². The van der Waals surface area contributed by atoms with E-state index < -0.39 is 0 Å². The highest BCUT2D eigenvalue weighted by Gasteiger charge is 2.12. The number of H-pyrrole nitrogens is 1. The smallest absolute Gasteiger partial charge is 0.251 e. The summed E-state index contributed by atoms with van der Waals surface area (Å²) in [5.41, 5.74) is 4.78. The van der Waals surface area contributed by atoms with Crippen LogP contribution < -0.4 is 5.32 Å². The van der Waals surface area contributed by atoms with Crippen molar-refractivity contribution >= 4 is 16.9 Å². The molecule has 4 heteroatoms. The normalized spacial score (nSPS) is 10.8. The number of para-hydroxylation sites is 2. The fraction of sp³-hybridized carbons (Fsp3) is 0.0909. The summed E-state index contributed by atoms with van der Waals surface area (Å²) in [6, 6.07) is 25.7. The van der Waals surface area contributed by atoms with Crippen LogP contribution in [-0.2, 0) is 13.0 Å². The number of amides is 1. The van der Waals surface area contributed by atoms with Gasteiger partial charge in [0.25, 0.3) is 5.91 Å². The first-order valence-corrected chi connectivity index (χ1v) is 8.63. The average molecular weight is 341 g/mol. The SMILES string of the molecule is O=C(NCc1nc2ccccc2[nH]1)c1ccccc1Cc1ccccc1. The predicted octanol–water partition coefficient (Wildman–Crippen LogP) is 4.08. The van der Waals surface area contributed by atoms with E-state index in [-0.39, 0.29) is 5.91 Å². The Hall–Kier alpha value is -3.40. The van der Waals surface area contributed by atoms with E-state index in [1.165, 1.54) is 5.56 Å². The summed E-state index contributed by atoms with van der Waals surface area (Å²) in [7, 11) is 0. The number of aromatic amines is 1. The second-order valence-electron chi connectivity index (χ2n) is 6.20. The van der Waals surface area contributed by atoms with Crippen LogP contribution in [0, 0.1) is 0 Å². The molecule has 1 heterocycles. The molecule has 1 amide bonds. The highest BCUT2D eigenvalue weighted by atomic mass is 16.1. The molecule has 26 heavy (non-hydrogen) atoms. The Labute approximate surface area is 151 Å². The number of hydrogen-bond acceptors (Lipinski definition) is 2. The minimum atomic E-state index is -0.0861. The Morgan fingerprint density at radius 1 is 0.885 bits per heavy atom. The minimum Gasteiger partial charge on any atom is -0.345 e. The van der Waals surface area contributed by atoms with Crippen molar-refractivity contribution in [1.82, 2.24) is 15.3 Å². The molecule has 3 aromatic carbocycles. The topological polar surface area (TPSA) is 57.8 Å². The molecule has 0 aliphatic rings. The van der Waals surface area contributed by atoms with E-state index in [1.807, 2.05) is 66.7 Å². The largest absolute Gasteiger partial charge is 0.345 e. The van der Waals surface area contributed by atoms with Crippen molar-refractivity contribution in [3.8, 4) is 0 Å². The average Bonchev–Trinajstić information content (AvgIpc) is 3.10. The molecular formula is C22H19N3O. The maximum Gasteiger partial charge on any atom is 0.251 e. The number of imidazole rings is 1. The van der Waals surface area contributed by atoms with Crippen molar-refractivity contribution < 1.29 is 4.79 Å². The maximum atomic E-state index is 12.7. The Balaban J connectivity index is 1.49. The first-order valence-electron chi connectivity index (χ1n) is 8.63. The van der Waals surface area contributed by atoms with Crippen LogP contribution in [0.4, 0.5) is 0 Å². The van der Waals surface area contributed by atoms with Crippen LogP contribution in [0.3, 0.4) is 0 Å². The van der Waals surface area contributed by atoms with Crippen LogP contribution in [0.25, 0.3) is 11.0 Å². The van der Waals surface area contributed by atoms with Gasteiger partial charge in [-0.3, -0.25) is 4.79 Å². The summed E-state index contributed by atoms with van der Waals surface area (Å²) in [5, 5.41) is 2.97. The van der Waals surface area contributed by atoms with Gasteiger partial charge in [-0.15, -0.1) is 0 Å². The van der Waals surface area contributed by atoms with E-state index in [2.05, 4.69) is 27.4 Å². The monoisotopic (exact) mass is 341 g/mol. The number of rotatable bonds is 5. The highest BCUT2D eigenvalue weighted by Crippen LogP contribution is 2.15. The predicted molar refractivity (Wildman–Crippen MR) is 103 cm³/mol. The Morgan fingerprint density at radius 3 is 2.46 bits per heavy atom. The van der Waals surface area contributed by atoms with Crippen LogP contribution in [0.15, 0.2) is 78.9 Å². The molecule has 4 aromatic rings. The molecule has 128 valence electrons. The van der Waals surface area contributed by atoms with E-state index in [9.17, 15) is 4.79 Å². The second-order valence-corrected chi connectivity index (χ2v) is 6.20. The maximum absolute atomic E-state index is 12.7. The number of carbonyl (C=O) groups excluding carboxylic acids is 1. The lowest BCUT2D eigenvalue weighted by atomic mass is 9.99. The molecule has 0 aliphatic heterocycles. The molecule has 0 bridgehead atoms. The summed E-state index contributed by atoms with van der Waals surface area (Å²) in [6.45, 7) is 0.368. The van der Waals surface area contributed by atoms with Crippen LogP contribution in [0.1, 0.15) is 27.3 Å². The molecule has 4 rings (SSSR count). The van der Waals surface area contributed by atoms with E-state index in [1.54, 1.807) is 0 Å². The zero-order valence-electron chi connectivity index (χ0n) is 14.3. The quantitative estimate of drug-likeness (QED) is 0.574. The Kier molecular flexibility index (Phi) is 4.48. The zero-order valence-corrected chi connectivity index (χ0v) is 14.3. The molecule has 0 spiro atoms. The molecule has 2 N–H and O–H groups in total. The molecule has 0 unspecified atom stereocenters. The Morgan fingerprint density at radius 2 is 1.62 bits per heavy atom. The third kappa shape index (κ3) is 3.49. The second kappa shape index (κ2) is 7.23. The minimum absolute atomic E-state index is 0.0861. The summed E-state index contributed by atoms with van der Waals surface area (Å²) >= 11 is 0. The van der Waals surface area contributed by atoms with E-state index in [0.717, 1.165) is 28.8 Å². The zero-order chi connectivity index (χ0) is 17.8. The molecule has 0 saturated carbocycles. The van der Waals surface area contributed by atoms with Gasteiger partial charge in [-0.05, 0) is 35.7 Å². The molecule has 0 aliphatic carbocycles. The summed E-state index contributed by atoms with van der Waals surface area (Å²) in [4.78, 5) is 20.4. The van der Waals surface area contributed by atoms with Gasteiger partial charge in [0.1, 0.15) is 5.82 Å². The number of fused-ring (bicyclic) bond motifs is 1. The molecular weight excluding hydrogens is 322 g/mol. The van der Waals surface area contributed by atoms with Crippen molar-refractivity contribution in [3.63, 3.8) is 0 Å². The third-order valence-electron chi connectivity index (χ3n) is 4.35. The molecule has 0 fully saturated rings. The van der Waals surface area contributed by atoms with Crippen LogP contribution >= 0.6 is 0 Å². The number of nitrogens with zero attached hydrogens (tertiary/aromatic N) is 1. The van der Waals surface area contributed by atoms with Gasteiger partial charge >= 0.3 is 0 Å². The van der Waals surface area contributed by atoms with Crippen molar-refractivity contribution in [2.24, 2.45) is 0 Å². The number of nitrogens with one attached hydrogen (secondary N) is 2. The summed E-state index contributed by atoms with van der Waals surface area (Å²) in [5.74, 6) is 0.664. The van der Waals surface area contributed by atoms with Gasteiger partial charge in [0, 0.05) is 5.56 Å². The highest BCUT2D eigenvalue weighted by molar-refractivity contribution is 5.95. The number of benzene rings is 3. The van der Waals surface area contributed by atoms with E-state index >= 15 is 0 Å². The van der Waals surface area contributed by atoms with Crippen LogP contribution in [-0.4, -0.2) is 15.9 Å². The lowest BCUT2D eigenvalue weighted by Gasteiger charge is -2.10. The summed E-state index contributed by atoms with van der Waals surface area (Å²) in [6.07, 6.45) is 0.731. The fourth-order valence-electron chi connectivity index (χ4n) is 3.06. The number of aromatic nitrogens is 2. The van der Waals surface area contributed by atoms with Crippen molar-refractivity contribution in [1.29, 1.82) is 0 Å². The van der Waals surface area contributed by atoms with Crippen LogP contribution in [0.5, 0.6) is 0 Å². The lowest BCUT2D eigenvalue weighted by Crippen LogP contribution is -2.24. The molecule has 0 radical (unpaired) electrons. The number of hydrogen-bond donors (Lipinski definition) is 2. The molecule has 0 saturated heterocycles. The van der Waals surface area contributed by atoms with Crippen molar-refractivity contribution in [2.45, 2.75) is 13.0 Å². The van der Waals surface area contributed by atoms with Gasteiger partial charge in [-0.25, -0.2) is 4.98 Å². The molecule has 0 atom stereocenters. The van der Waals surface area contributed by atoms with E-state index in [4.69, 9.17) is 0 Å². The number of carbonyl (C=O) groups is 1. The van der Waals surface area contributed by atoms with Crippen molar-refractivity contribution in [3.05, 3.63) is 101 Å². The van der Waals surface area contributed by atoms with Gasteiger partial charge in [0.15, 0.2) is 0 Å². The first kappa shape index (κ1) is 16.1.